The number of nitrogens with two attached hydrogens (primary N) is 1. The number of rotatable bonds is 3. The van der Waals surface area contributed by atoms with Crippen LogP contribution in [0.5, 0.6) is 0 Å². The third-order valence-corrected chi connectivity index (χ3v) is 2.16. The molecule has 1 aromatic heterocycles. The van der Waals surface area contributed by atoms with E-state index in [1.807, 2.05) is 6.07 Å². The number of aromatic nitrogens is 3. The molecule has 0 saturated heterocycles. The van der Waals surface area contributed by atoms with E-state index in [0.717, 1.165) is 5.69 Å². The Morgan fingerprint density at radius 3 is 3.06 bits per heavy atom. The SMILES string of the molecule is Nc1cccc(-n2nncc2CNC(=O)O)c1. The van der Waals surface area contributed by atoms with Crippen LogP contribution in [0.1, 0.15) is 5.69 Å². The van der Waals surface area contributed by atoms with Crippen LogP contribution < -0.4 is 11.1 Å². The van der Waals surface area contributed by atoms with E-state index in [1.54, 1.807) is 18.2 Å². The fourth-order valence-corrected chi connectivity index (χ4v) is 1.42. The van der Waals surface area contributed by atoms with Gasteiger partial charge in [-0.25, -0.2) is 9.48 Å². The molecule has 1 amide bonds. The molecule has 0 saturated carbocycles. The highest BCUT2D eigenvalue weighted by molar-refractivity contribution is 5.64. The molecule has 0 spiro atoms. The van der Waals surface area contributed by atoms with E-state index in [-0.39, 0.29) is 6.54 Å². The number of benzene rings is 1. The fraction of sp³-hybridized carbons (Fsp3) is 0.100. The molecule has 1 heterocycles. The van der Waals surface area contributed by atoms with Crippen LogP contribution in [0.3, 0.4) is 0 Å². The first kappa shape index (κ1) is 10.9. The van der Waals surface area contributed by atoms with Gasteiger partial charge >= 0.3 is 6.09 Å². The van der Waals surface area contributed by atoms with E-state index in [0.29, 0.717) is 11.4 Å². The predicted octanol–water partition coefficient (Wildman–Crippen LogP) is 0.617. The quantitative estimate of drug-likeness (QED) is 0.674. The van der Waals surface area contributed by atoms with Crippen LogP contribution in [0.25, 0.3) is 5.69 Å². The lowest BCUT2D eigenvalue weighted by atomic mass is 10.3. The summed E-state index contributed by atoms with van der Waals surface area (Å²) in [6, 6.07) is 7.10. The predicted molar refractivity (Wildman–Crippen MR) is 60.6 cm³/mol. The van der Waals surface area contributed by atoms with Crippen molar-refractivity contribution in [2.45, 2.75) is 6.54 Å². The molecule has 17 heavy (non-hydrogen) atoms. The topological polar surface area (TPSA) is 106 Å². The molecule has 0 aliphatic rings. The van der Waals surface area contributed by atoms with Gasteiger partial charge in [-0.1, -0.05) is 11.3 Å². The second-order valence-corrected chi connectivity index (χ2v) is 3.39. The number of nitrogen functional groups attached to an aromatic ring is 1. The standard InChI is InChI=1S/C10H11N5O2/c11-7-2-1-3-8(4-7)15-9(6-13-14-15)5-12-10(16)17/h1-4,6,12H,5,11H2,(H,16,17). The number of hydrogen-bond donors (Lipinski definition) is 3. The van der Waals surface area contributed by atoms with E-state index < -0.39 is 6.09 Å². The summed E-state index contributed by atoms with van der Waals surface area (Å²) in [5, 5.41) is 18.4. The second kappa shape index (κ2) is 4.52. The van der Waals surface area contributed by atoms with Gasteiger partial charge in [0.2, 0.25) is 0 Å². The molecule has 88 valence electrons. The zero-order valence-corrected chi connectivity index (χ0v) is 8.87. The maximum Gasteiger partial charge on any atom is 0.404 e. The summed E-state index contributed by atoms with van der Waals surface area (Å²) in [5.41, 5.74) is 7.65. The van der Waals surface area contributed by atoms with E-state index in [9.17, 15) is 4.79 Å². The molecule has 2 rings (SSSR count). The Bertz CT molecular complexity index is 537. The smallest absolute Gasteiger partial charge is 0.404 e. The van der Waals surface area contributed by atoms with Crippen molar-refractivity contribution in [3.05, 3.63) is 36.2 Å². The molecule has 7 heteroatoms. The molecule has 0 aliphatic heterocycles. The van der Waals surface area contributed by atoms with Crippen molar-refractivity contribution in [3.63, 3.8) is 0 Å². The third kappa shape index (κ3) is 2.51. The number of anilines is 1. The molecular formula is C10H11N5O2. The van der Waals surface area contributed by atoms with Gasteiger partial charge in [0.15, 0.2) is 0 Å². The Kier molecular flexibility index (Phi) is 2.91. The first-order valence-electron chi connectivity index (χ1n) is 4.89. The summed E-state index contributed by atoms with van der Waals surface area (Å²) in [6.45, 7) is 0.136. The normalized spacial score (nSPS) is 10.1. The Labute approximate surface area is 96.9 Å². The minimum Gasteiger partial charge on any atom is -0.465 e. The molecule has 1 aromatic carbocycles. The van der Waals surface area contributed by atoms with Gasteiger partial charge in [0.1, 0.15) is 0 Å². The van der Waals surface area contributed by atoms with Gasteiger partial charge < -0.3 is 16.2 Å². The van der Waals surface area contributed by atoms with Crippen molar-refractivity contribution in [1.82, 2.24) is 20.3 Å². The zero-order chi connectivity index (χ0) is 12.3. The largest absolute Gasteiger partial charge is 0.465 e. The van der Waals surface area contributed by atoms with Crippen LogP contribution in [-0.2, 0) is 6.54 Å². The highest BCUT2D eigenvalue weighted by Gasteiger charge is 2.07. The lowest BCUT2D eigenvalue weighted by molar-refractivity contribution is 0.193. The zero-order valence-electron chi connectivity index (χ0n) is 8.87. The van der Waals surface area contributed by atoms with Gasteiger partial charge in [-0.15, -0.1) is 5.10 Å². The van der Waals surface area contributed by atoms with Gasteiger partial charge in [0.05, 0.1) is 24.1 Å². The number of hydrogen-bond acceptors (Lipinski definition) is 4. The summed E-state index contributed by atoms with van der Waals surface area (Å²) in [4.78, 5) is 10.4. The summed E-state index contributed by atoms with van der Waals surface area (Å²) in [7, 11) is 0. The van der Waals surface area contributed by atoms with Crippen molar-refractivity contribution in [2.24, 2.45) is 0 Å². The van der Waals surface area contributed by atoms with Crippen LogP contribution in [0.15, 0.2) is 30.5 Å². The van der Waals surface area contributed by atoms with E-state index in [4.69, 9.17) is 10.8 Å². The Hall–Kier alpha value is -2.57. The molecular weight excluding hydrogens is 222 g/mol. The summed E-state index contributed by atoms with van der Waals surface area (Å²) < 4.78 is 1.53. The molecule has 7 nitrogen and oxygen atoms in total. The lowest BCUT2D eigenvalue weighted by Crippen LogP contribution is -2.21. The number of amides is 1. The second-order valence-electron chi connectivity index (χ2n) is 3.39. The van der Waals surface area contributed by atoms with Crippen molar-refractivity contribution in [3.8, 4) is 5.69 Å². The molecule has 2 aromatic rings. The van der Waals surface area contributed by atoms with Crippen molar-refractivity contribution < 1.29 is 9.90 Å². The molecule has 0 radical (unpaired) electrons. The summed E-state index contributed by atoms with van der Waals surface area (Å²) in [5.74, 6) is 0. The molecule has 0 aliphatic carbocycles. The first-order chi connectivity index (χ1) is 8.16. The van der Waals surface area contributed by atoms with Crippen LogP contribution >= 0.6 is 0 Å². The van der Waals surface area contributed by atoms with Crippen molar-refractivity contribution >= 4 is 11.8 Å². The minimum absolute atomic E-state index is 0.136. The molecule has 0 bridgehead atoms. The Balaban J connectivity index is 2.27. The van der Waals surface area contributed by atoms with E-state index >= 15 is 0 Å². The third-order valence-electron chi connectivity index (χ3n) is 2.16. The van der Waals surface area contributed by atoms with Crippen LogP contribution in [0.2, 0.25) is 0 Å². The van der Waals surface area contributed by atoms with Gasteiger partial charge in [0, 0.05) is 5.69 Å². The monoisotopic (exact) mass is 233 g/mol. The maximum absolute atomic E-state index is 10.4. The average molecular weight is 233 g/mol. The maximum atomic E-state index is 10.4. The van der Waals surface area contributed by atoms with E-state index in [1.165, 1.54) is 10.9 Å². The van der Waals surface area contributed by atoms with Crippen molar-refractivity contribution in [2.75, 3.05) is 5.73 Å². The molecule has 4 N–H and O–H groups in total. The van der Waals surface area contributed by atoms with Crippen LogP contribution in [-0.4, -0.2) is 26.2 Å². The number of carbonyl (C=O) groups is 1. The van der Waals surface area contributed by atoms with Gasteiger partial charge in [-0.3, -0.25) is 0 Å². The van der Waals surface area contributed by atoms with Gasteiger partial charge in [-0.2, -0.15) is 0 Å². The highest BCUT2D eigenvalue weighted by atomic mass is 16.4. The Morgan fingerprint density at radius 2 is 2.35 bits per heavy atom. The number of nitrogens with zero attached hydrogens (tertiary/aromatic N) is 3. The fourth-order valence-electron chi connectivity index (χ4n) is 1.42. The number of nitrogens with one attached hydrogen (secondary N) is 1. The van der Waals surface area contributed by atoms with E-state index in [2.05, 4.69) is 15.6 Å². The Morgan fingerprint density at radius 1 is 1.53 bits per heavy atom. The summed E-state index contributed by atoms with van der Waals surface area (Å²) in [6.07, 6.45) is 0.407. The lowest BCUT2D eigenvalue weighted by Gasteiger charge is -2.06. The average Bonchev–Trinajstić information content (AvgIpc) is 2.74. The number of carboxylic acid groups (broad SMARTS) is 1. The highest BCUT2D eigenvalue weighted by Crippen LogP contribution is 2.12. The minimum atomic E-state index is -1.09. The molecule has 0 atom stereocenters. The summed E-state index contributed by atoms with van der Waals surface area (Å²) >= 11 is 0. The van der Waals surface area contributed by atoms with Crippen LogP contribution in [0.4, 0.5) is 10.5 Å². The van der Waals surface area contributed by atoms with Crippen molar-refractivity contribution in [1.29, 1.82) is 0 Å². The first-order valence-corrected chi connectivity index (χ1v) is 4.89. The van der Waals surface area contributed by atoms with Gasteiger partial charge in [-0.05, 0) is 18.2 Å². The van der Waals surface area contributed by atoms with Crippen LogP contribution in [0, 0.1) is 0 Å². The van der Waals surface area contributed by atoms with Gasteiger partial charge in [0.25, 0.3) is 0 Å². The molecule has 0 unspecified atom stereocenters. The molecule has 0 fully saturated rings.